The molecule has 5 nitrogen and oxygen atoms in total. The van der Waals surface area contributed by atoms with Gasteiger partial charge in [-0.3, -0.25) is 0 Å². The van der Waals surface area contributed by atoms with Crippen LogP contribution in [0.15, 0.2) is 60.8 Å². The lowest BCUT2D eigenvalue weighted by Gasteiger charge is -2.14. The summed E-state index contributed by atoms with van der Waals surface area (Å²) in [6.07, 6.45) is 1.09. The van der Waals surface area contributed by atoms with E-state index in [9.17, 15) is 5.11 Å². The number of nitrogens with zero attached hydrogens (tertiary/aromatic N) is 2. The molecule has 0 spiro atoms. The molecule has 25 heavy (non-hydrogen) atoms. The van der Waals surface area contributed by atoms with E-state index in [1.807, 2.05) is 62.4 Å². The zero-order valence-corrected chi connectivity index (χ0v) is 14.4. The Balaban J connectivity index is 1.65. The molecule has 1 heterocycles. The second-order valence-electron chi connectivity index (χ2n) is 6.02. The monoisotopic (exact) mass is 334 g/mol. The van der Waals surface area contributed by atoms with Gasteiger partial charge in [0.05, 0.1) is 6.10 Å². The maximum atomic E-state index is 10.3. The van der Waals surface area contributed by atoms with Crippen molar-refractivity contribution in [1.82, 2.24) is 9.97 Å². The molecule has 0 aliphatic carbocycles. The lowest BCUT2D eigenvalue weighted by atomic mass is 10.1. The van der Waals surface area contributed by atoms with Gasteiger partial charge in [0.25, 0.3) is 0 Å². The lowest BCUT2D eigenvalue weighted by molar-refractivity contribution is 0.191. The van der Waals surface area contributed by atoms with E-state index >= 15 is 0 Å². The minimum Gasteiger partial charge on any atom is -0.387 e. The van der Waals surface area contributed by atoms with E-state index in [-0.39, 0.29) is 0 Å². The van der Waals surface area contributed by atoms with Crippen LogP contribution in [0.2, 0.25) is 0 Å². The molecule has 1 aromatic heterocycles. The van der Waals surface area contributed by atoms with Crippen molar-refractivity contribution in [2.45, 2.75) is 20.0 Å². The average molecular weight is 334 g/mol. The third kappa shape index (κ3) is 4.55. The van der Waals surface area contributed by atoms with Crippen molar-refractivity contribution >= 4 is 17.5 Å². The summed E-state index contributed by atoms with van der Waals surface area (Å²) in [5.74, 6) is 1.18. The highest BCUT2D eigenvalue weighted by Gasteiger charge is 2.08. The van der Waals surface area contributed by atoms with Crippen LogP contribution in [-0.2, 0) is 0 Å². The van der Waals surface area contributed by atoms with Crippen LogP contribution in [0.4, 0.5) is 17.5 Å². The summed E-state index contributed by atoms with van der Waals surface area (Å²) in [6.45, 7) is 4.42. The fourth-order valence-corrected chi connectivity index (χ4v) is 2.55. The second-order valence-corrected chi connectivity index (χ2v) is 6.02. The normalized spacial score (nSPS) is 11.8. The molecular formula is C20H22N4O. The van der Waals surface area contributed by atoms with Gasteiger partial charge in [-0.15, -0.1) is 0 Å². The lowest BCUT2D eigenvalue weighted by Crippen LogP contribution is -2.13. The predicted molar refractivity (Wildman–Crippen MR) is 101 cm³/mol. The molecule has 0 radical (unpaired) electrons. The highest BCUT2D eigenvalue weighted by atomic mass is 16.3. The quantitative estimate of drug-likeness (QED) is 0.636. The van der Waals surface area contributed by atoms with E-state index in [0.717, 1.165) is 22.4 Å². The maximum absolute atomic E-state index is 10.3. The van der Waals surface area contributed by atoms with Crippen molar-refractivity contribution in [3.8, 4) is 0 Å². The number of aromatic nitrogens is 2. The fourth-order valence-electron chi connectivity index (χ4n) is 2.55. The van der Waals surface area contributed by atoms with Crippen molar-refractivity contribution in [2.24, 2.45) is 0 Å². The minimum absolute atomic E-state index is 0.379. The maximum Gasteiger partial charge on any atom is 0.229 e. The number of aryl methyl sites for hydroxylation is 2. The van der Waals surface area contributed by atoms with Gasteiger partial charge in [0.15, 0.2) is 0 Å². The molecule has 5 heteroatoms. The number of aliphatic hydroxyl groups is 1. The van der Waals surface area contributed by atoms with Gasteiger partial charge in [0.2, 0.25) is 5.95 Å². The number of anilines is 3. The first-order chi connectivity index (χ1) is 12.1. The van der Waals surface area contributed by atoms with Crippen LogP contribution in [0, 0.1) is 13.8 Å². The van der Waals surface area contributed by atoms with Gasteiger partial charge >= 0.3 is 0 Å². The Hall–Kier alpha value is -2.92. The number of hydrogen-bond donors (Lipinski definition) is 3. The van der Waals surface area contributed by atoms with E-state index < -0.39 is 6.10 Å². The van der Waals surface area contributed by atoms with E-state index in [4.69, 9.17) is 0 Å². The predicted octanol–water partition coefficient (Wildman–Crippen LogP) is 3.98. The zero-order valence-electron chi connectivity index (χ0n) is 14.4. The summed E-state index contributed by atoms with van der Waals surface area (Å²) in [4.78, 5) is 8.70. The van der Waals surface area contributed by atoms with Gasteiger partial charge in [0, 0.05) is 18.4 Å². The number of benzene rings is 2. The molecule has 0 aliphatic rings. The number of nitrogens with one attached hydrogen (secondary N) is 2. The first-order valence-corrected chi connectivity index (χ1v) is 8.26. The molecule has 128 valence electrons. The summed E-state index contributed by atoms with van der Waals surface area (Å²) in [5.41, 5.74) is 4.11. The Bertz CT molecular complexity index is 850. The molecule has 0 bridgehead atoms. The van der Waals surface area contributed by atoms with Crippen LogP contribution in [0.1, 0.15) is 22.8 Å². The molecule has 0 aliphatic heterocycles. The van der Waals surface area contributed by atoms with Crippen LogP contribution in [0.5, 0.6) is 0 Å². The molecule has 0 fully saturated rings. The molecule has 2 aromatic carbocycles. The summed E-state index contributed by atoms with van der Waals surface area (Å²) >= 11 is 0. The molecule has 0 saturated carbocycles. The Morgan fingerprint density at radius 2 is 1.88 bits per heavy atom. The minimum atomic E-state index is -0.595. The molecule has 1 atom stereocenters. The Morgan fingerprint density at radius 1 is 1.04 bits per heavy atom. The summed E-state index contributed by atoms with van der Waals surface area (Å²) < 4.78 is 0. The van der Waals surface area contributed by atoms with Gasteiger partial charge in [-0.05, 0) is 37.1 Å². The van der Waals surface area contributed by atoms with Crippen molar-refractivity contribution in [2.75, 3.05) is 17.2 Å². The highest BCUT2D eigenvalue weighted by Crippen LogP contribution is 2.19. The van der Waals surface area contributed by atoms with Crippen molar-refractivity contribution < 1.29 is 5.11 Å². The SMILES string of the molecule is Cc1cccc(C(O)CNc2ccnc(Nc3ccccc3C)n2)c1. The average Bonchev–Trinajstić information content (AvgIpc) is 2.62. The molecule has 1 unspecified atom stereocenters. The largest absolute Gasteiger partial charge is 0.387 e. The fraction of sp³-hybridized carbons (Fsp3) is 0.200. The van der Waals surface area contributed by atoms with Crippen LogP contribution < -0.4 is 10.6 Å². The van der Waals surface area contributed by atoms with Gasteiger partial charge in [-0.25, -0.2) is 4.98 Å². The number of rotatable bonds is 6. The van der Waals surface area contributed by atoms with Crippen LogP contribution in [-0.4, -0.2) is 21.6 Å². The van der Waals surface area contributed by atoms with E-state index in [1.165, 1.54) is 0 Å². The van der Waals surface area contributed by atoms with Crippen LogP contribution in [0.3, 0.4) is 0 Å². The van der Waals surface area contributed by atoms with E-state index in [0.29, 0.717) is 18.3 Å². The Morgan fingerprint density at radius 3 is 2.68 bits per heavy atom. The number of aliphatic hydroxyl groups excluding tert-OH is 1. The Kier molecular flexibility index (Phi) is 5.26. The smallest absolute Gasteiger partial charge is 0.229 e. The van der Waals surface area contributed by atoms with Crippen molar-refractivity contribution in [3.05, 3.63) is 77.5 Å². The standard InChI is InChI=1S/C20H22N4O/c1-14-6-5-8-16(12-14)18(25)13-22-19-10-11-21-20(24-19)23-17-9-4-3-7-15(17)2/h3-12,18,25H,13H2,1-2H3,(H2,21,22,23,24). The zero-order chi connectivity index (χ0) is 17.6. The second kappa shape index (κ2) is 7.77. The van der Waals surface area contributed by atoms with Gasteiger partial charge < -0.3 is 15.7 Å². The number of para-hydroxylation sites is 1. The highest BCUT2D eigenvalue weighted by molar-refractivity contribution is 5.58. The van der Waals surface area contributed by atoms with Crippen molar-refractivity contribution in [1.29, 1.82) is 0 Å². The van der Waals surface area contributed by atoms with Crippen LogP contribution >= 0.6 is 0 Å². The van der Waals surface area contributed by atoms with Crippen molar-refractivity contribution in [3.63, 3.8) is 0 Å². The number of hydrogen-bond acceptors (Lipinski definition) is 5. The molecule has 0 saturated heterocycles. The molecular weight excluding hydrogens is 312 g/mol. The summed E-state index contributed by atoms with van der Waals surface area (Å²) in [5, 5.41) is 16.7. The third-order valence-corrected chi connectivity index (χ3v) is 3.95. The van der Waals surface area contributed by atoms with E-state index in [2.05, 4.69) is 20.6 Å². The Labute approximate surface area is 147 Å². The molecule has 3 rings (SSSR count). The van der Waals surface area contributed by atoms with Crippen LogP contribution in [0.25, 0.3) is 0 Å². The molecule has 3 aromatic rings. The summed E-state index contributed by atoms with van der Waals surface area (Å²) in [7, 11) is 0. The van der Waals surface area contributed by atoms with Gasteiger partial charge in [-0.2, -0.15) is 4.98 Å². The van der Waals surface area contributed by atoms with Gasteiger partial charge in [-0.1, -0.05) is 48.0 Å². The van der Waals surface area contributed by atoms with E-state index in [1.54, 1.807) is 12.3 Å². The summed E-state index contributed by atoms with van der Waals surface area (Å²) in [6, 6.07) is 17.6. The molecule has 0 amide bonds. The first kappa shape index (κ1) is 16.9. The topological polar surface area (TPSA) is 70.1 Å². The van der Waals surface area contributed by atoms with Gasteiger partial charge in [0.1, 0.15) is 5.82 Å². The molecule has 3 N–H and O–H groups in total. The first-order valence-electron chi connectivity index (χ1n) is 8.26. The third-order valence-electron chi connectivity index (χ3n) is 3.95.